The van der Waals surface area contributed by atoms with Crippen molar-refractivity contribution >= 4 is 17.0 Å². The zero-order valence-corrected chi connectivity index (χ0v) is 20.7. The maximum Gasteiger partial charge on any atom is 0.279 e. The number of nitrogens with zero attached hydrogens (tertiary/aromatic N) is 6. The summed E-state index contributed by atoms with van der Waals surface area (Å²) in [6, 6.07) is 7.11. The van der Waals surface area contributed by atoms with Crippen LogP contribution >= 0.6 is 0 Å². The smallest absolute Gasteiger partial charge is 0.279 e. The van der Waals surface area contributed by atoms with Gasteiger partial charge in [0.15, 0.2) is 5.52 Å². The Morgan fingerprint density at radius 3 is 2.56 bits per heavy atom. The van der Waals surface area contributed by atoms with Crippen molar-refractivity contribution in [1.29, 1.82) is 0 Å². The number of benzene rings is 1. The van der Waals surface area contributed by atoms with Crippen molar-refractivity contribution in [2.75, 3.05) is 18.0 Å². The number of morpholine rings is 1. The van der Waals surface area contributed by atoms with Crippen molar-refractivity contribution in [2.24, 2.45) is 7.05 Å². The van der Waals surface area contributed by atoms with E-state index in [1.165, 1.54) is 10.6 Å². The minimum Gasteiger partial charge on any atom is -0.364 e. The van der Waals surface area contributed by atoms with Gasteiger partial charge in [-0.2, -0.15) is 0 Å². The van der Waals surface area contributed by atoms with E-state index in [0.717, 1.165) is 23.4 Å². The fraction of sp³-hybridized carbons (Fsp3) is 0.346. The van der Waals surface area contributed by atoms with Crippen molar-refractivity contribution in [3.63, 3.8) is 0 Å². The number of aromatic nitrogens is 5. The second-order valence-corrected chi connectivity index (χ2v) is 9.69. The SMILES string of the molecule is Cc1cc(C2CN(c3nc(-c4ccc(F)cc4F)c4nc(C)n(C)c(=O)c4n3)CC(C)(C)O2)ccn1. The lowest BCUT2D eigenvalue weighted by Gasteiger charge is -2.43. The predicted molar refractivity (Wildman–Crippen MR) is 132 cm³/mol. The average molecular weight is 493 g/mol. The minimum absolute atomic E-state index is 0.0408. The molecule has 1 aliphatic heterocycles. The molecule has 0 N–H and O–H groups in total. The minimum atomic E-state index is -0.798. The Bertz CT molecular complexity index is 1550. The summed E-state index contributed by atoms with van der Waals surface area (Å²) in [6.45, 7) is 8.35. The van der Waals surface area contributed by atoms with Crippen molar-refractivity contribution in [3.8, 4) is 11.3 Å². The van der Waals surface area contributed by atoms with E-state index in [2.05, 4.69) is 19.9 Å². The summed E-state index contributed by atoms with van der Waals surface area (Å²) in [5.74, 6) is -0.835. The molecule has 1 aliphatic rings. The molecule has 5 rings (SSSR count). The fourth-order valence-corrected chi connectivity index (χ4v) is 4.53. The molecular weight excluding hydrogens is 466 g/mol. The van der Waals surface area contributed by atoms with Gasteiger partial charge in [0.1, 0.15) is 34.8 Å². The standard InChI is InChI=1S/C26H26F2N6O2/c1-14-10-16(8-9-29-14)20-12-34(13-26(3,4)36-20)25-31-21(18-7-6-17(27)11-19(18)28)22-23(32-25)24(35)33(5)15(2)30-22/h6-11,20H,12-13H2,1-5H3. The van der Waals surface area contributed by atoms with Crippen LogP contribution in [0.4, 0.5) is 14.7 Å². The lowest BCUT2D eigenvalue weighted by molar-refractivity contribution is -0.0859. The summed E-state index contributed by atoms with van der Waals surface area (Å²) < 4.78 is 36.3. The summed E-state index contributed by atoms with van der Waals surface area (Å²) in [5, 5.41) is 0. The van der Waals surface area contributed by atoms with Gasteiger partial charge in [0.25, 0.3) is 5.56 Å². The van der Waals surface area contributed by atoms with Crippen LogP contribution in [-0.4, -0.2) is 43.2 Å². The fourth-order valence-electron chi connectivity index (χ4n) is 4.53. The Hall–Kier alpha value is -3.79. The van der Waals surface area contributed by atoms with Gasteiger partial charge in [-0.1, -0.05) is 0 Å². The number of hydrogen-bond donors (Lipinski definition) is 0. The van der Waals surface area contributed by atoms with Crippen LogP contribution in [-0.2, 0) is 11.8 Å². The normalized spacial score (nSPS) is 17.5. The van der Waals surface area contributed by atoms with Crippen molar-refractivity contribution in [2.45, 2.75) is 39.4 Å². The Morgan fingerprint density at radius 2 is 1.83 bits per heavy atom. The van der Waals surface area contributed by atoms with Gasteiger partial charge in [0.05, 0.1) is 12.1 Å². The molecule has 3 aromatic heterocycles. The quantitative estimate of drug-likeness (QED) is 0.427. The highest BCUT2D eigenvalue weighted by atomic mass is 19.1. The molecule has 1 atom stereocenters. The highest BCUT2D eigenvalue weighted by Gasteiger charge is 2.36. The number of rotatable bonds is 3. The Balaban J connectivity index is 1.70. The van der Waals surface area contributed by atoms with E-state index < -0.39 is 17.2 Å². The van der Waals surface area contributed by atoms with Crippen molar-refractivity contribution in [1.82, 2.24) is 24.5 Å². The predicted octanol–water partition coefficient (Wildman–Crippen LogP) is 4.04. The Morgan fingerprint density at radius 1 is 1.06 bits per heavy atom. The molecule has 0 saturated carbocycles. The maximum atomic E-state index is 14.9. The van der Waals surface area contributed by atoms with Crippen molar-refractivity contribution < 1.29 is 13.5 Å². The zero-order valence-electron chi connectivity index (χ0n) is 20.7. The van der Waals surface area contributed by atoms with Crippen LogP contribution in [0.15, 0.2) is 41.3 Å². The molecule has 0 radical (unpaired) electrons. The Kier molecular flexibility index (Phi) is 5.78. The first-order valence-electron chi connectivity index (χ1n) is 11.6. The van der Waals surface area contributed by atoms with Crippen molar-refractivity contribution in [3.05, 3.63) is 75.6 Å². The third-order valence-corrected chi connectivity index (χ3v) is 6.32. The van der Waals surface area contributed by atoms with Crippen LogP contribution in [0.3, 0.4) is 0 Å². The third kappa shape index (κ3) is 4.32. The summed E-state index contributed by atoms with van der Waals surface area (Å²) in [4.78, 5) is 33.1. The summed E-state index contributed by atoms with van der Waals surface area (Å²) >= 11 is 0. The van der Waals surface area contributed by atoms with Crippen LogP contribution in [0.2, 0.25) is 0 Å². The number of fused-ring (bicyclic) bond motifs is 1. The third-order valence-electron chi connectivity index (χ3n) is 6.32. The first-order chi connectivity index (χ1) is 17.0. The topological polar surface area (TPSA) is 86.0 Å². The first-order valence-corrected chi connectivity index (χ1v) is 11.6. The number of aryl methyl sites for hydroxylation is 2. The number of anilines is 1. The molecule has 1 unspecified atom stereocenters. The van der Waals surface area contributed by atoms with Gasteiger partial charge in [-0.25, -0.2) is 23.7 Å². The molecule has 0 bridgehead atoms. The largest absolute Gasteiger partial charge is 0.364 e. The summed E-state index contributed by atoms with van der Waals surface area (Å²) in [5.41, 5.74) is 1.28. The van der Waals surface area contributed by atoms with Gasteiger partial charge in [-0.3, -0.25) is 14.3 Å². The van der Waals surface area contributed by atoms with E-state index in [9.17, 15) is 13.6 Å². The van der Waals surface area contributed by atoms with E-state index in [1.54, 1.807) is 20.2 Å². The summed E-state index contributed by atoms with van der Waals surface area (Å²) in [7, 11) is 1.60. The number of hydrogen-bond acceptors (Lipinski definition) is 7. The molecule has 0 aliphatic carbocycles. The van der Waals surface area contributed by atoms with E-state index in [-0.39, 0.29) is 39.9 Å². The number of ether oxygens (including phenoxy) is 1. The van der Waals surface area contributed by atoms with Gasteiger partial charge in [0.2, 0.25) is 5.95 Å². The van der Waals surface area contributed by atoms with Gasteiger partial charge in [-0.05, 0) is 57.5 Å². The molecular formula is C26H26F2N6O2. The van der Waals surface area contributed by atoms with Crippen LogP contribution < -0.4 is 10.5 Å². The van der Waals surface area contributed by atoms with Crippen LogP contribution in [0.5, 0.6) is 0 Å². The molecule has 4 heterocycles. The lowest BCUT2D eigenvalue weighted by Crippen LogP contribution is -2.50. The van der Waals surface area contributed by atoms with E-state index in [1.807, 2.05) is 37.8 Å². The second-order valence-electron chi connectivity index (χ2n) is 9.69. The molecule has 8 nitrogen and oxygen atoms in total. The van der Waals surface area contributed by atoms with Gasteiger partial charge in [-0.15, -0.1) is 0 Å². The van der Waals surface area contributed by atoms with Crippen LogP contribution in [0.1, 0.15) is 37.0 Å². The monoisotopic (exact) mass is 492 g/mol. The Labute approximate surface area is 206 Å². The number of halogens is 2. The zero-order chi connectivity index (χ0) is 25.8. The molecule has 1 fully saturated rings. The van der Waals surface area contributed by atoms with Crippen LogP contribution in [0.25, 0.3) is 22.3 Å². The lowest BCUT2D eigenvalue weighted by atomic mass is 10.0. The highest BCUT2D eigenvalue weighted by Crippen LogP contribution is 2.34. The molecule has 10 heteroatoms. The van der Waals surface area contributed by atoms with E-state index >= 15 is 0 Å². The average Bonchev–Trinajstić information content (AvgIpc) is 2.81. The molecule has 186 valence electrons. The second kappa shape index (κ2) is 8.70. The molecule has 0 amide bonds. The number of pyridine rings is 1. The highest BCUT2D eigenvalue weighted by molar-refractivity contribution is 5.89. The van der Waals surface area contributed by atoms with Crippen LogP contribution in [0, 0.1) is 25.5 Å². The molecule has 36 heavy (non-hydrogen) atoms. The molecule has 0 spiro atoms. The molecule has 1 saturated heterocycles. The van der Waals surface area contributed by atoms with Gasteiger partial charge >= 0.3 is 0 Å². The summed E-state index contributed by atoms with van der Waals surface area (Å²) in [6.07, 6.45) is 1.43. The first kappa shape index (κ1) is 23.9. The molecule has 4 aromatic rings. The maximum absolute atomic E-state index is 14.9. The van der Waals surface area contributed by atoms with Gasteiger partial charge in [0, 0.05) is 37.1 Å². The molecule has 1 aromatic carbocycles. The van der Waals surface area contributed by atoms with E-state index in [0.29, 0.717) is 18.9 Å². The van der Waals surface area contributed by atoms with E-state index in [4.69, 9.17) is 4.74 Å². The van der Waals surface area contributed by atoms with Gasteiger partial charge < -0.3 is 9.64 Å².